The van der Waals surface area contributed by atoms with Gasteiger partial charge in [0.25, 0.3) is 5.56 Å². The van der Waals surface area contributed by atoms with Gasteiger partial charge in [-0.15, -0.1) is 0 Å². The molecule has 4 rings (SSSR count). The van der Waals surface area contributed by atoms with Gasteiger partial charge in [-0.05, 0) is 42.7 Å². The van der Waals surface area contributed by atoms with Crippen LogP contribution in [0, 0.1) is 6.92 Å². The first-order valence-corrected chi connectivity index (χ1v) is 11.6. The summed E-state index contributed by atoms with van der Waals surface area (Å²) in [7, 11) is 0. The second-order valence-electron chi connectivity index (χ2n) is 8.49. The zero-order valence-corrected chi connectivity index (χ0v) is 21.0. The third kappa shape index (κ3) is 10.2. The molecule has 3 aromatic rings. The molecular formula is C25H25F6N3O6. The van der Waals surface area contributed by atoms with E-state index in [0.717, 1.165) is 55.3 Å². The Kier molecular flexibility index (Phi) is 11.0. The molecule has 0 atom stereocenters. The Morgan fingerprint density at radius 2 is 1.52 bits per heavy atom. The summed E-state index contributed by atoms with van der Waals surface area (Å²) in [5.41, 5.74) is 3.53. The smallest absolute Gasteiger partial charge is 0.475 e. The van der Waals surface area contributed by atoms with E-state index in [2.05, 4.69) is 9.88 Å². The fourth-order valence-corrected chi connectivity index (χ4v) is 3.64. The van der Waals surface area contributed by atoms with Crippen LogP contribution in [0.15, 0.2) is 58.0 Å². The number of aryl methyl sites for hydroxylation is 1. The van der Waals surface area contributed by atoms with E-state index in [0.29, 0.717) is 6.54 Å². The Morgan fingerprint density at radius 3 is 2.02 bits per heavy atom. The Labute approximate surface area is 223 Å². The number of carboxylic acids is 2. The molecule has 2 N–H and O–H groups in total. The van der Waals surface area contributed by atoms with Gasteiger partial charge in [0.15, 0.2) is 0 Å². The maximum Gasteiger partial charge on any atom is 0.490 e. The Morgan fingerprint density at radius 1 is 0.925 bits per heavy atom. The van der Waals surface area contributed by atoms with Crippen molar-refractivity contribution in [1.29, 1.82) is 0 Å². The van der Waals surface area contributed by atoms with Gasteiger partial charge < -0.3 is 19.2 Å². The zero-order chi connectivity index (χ0) is 30.1. The summed E-state index contributed by atoms with van der Waals surface area (Å²) in [6, 6.07) is 11.7. The highest BCUT2D eigenvalue weighted by Crippen LogP contribution is 2.18. The molecule has 218 valence electrons. The number of furan rings is 1. The lowest BCUT2D eigenvalue weighted by atomic mass is 10.1. The summed E-state index contributed by atoms with van der Waals surface area (Å²) in [6.07, 6.45) is -4.77. The van der Waals surface area contributed by atoms with Crippen LogP contribution in [0.3, 0.4) is 0 Å². The quantitative estimate of drug-likeness (QED) is 0.445. The highest BCUT2D eigenvalue weighted by molar-refractivity contribution is 5.73. The SMILES string of the molecule is Cc1ccc(CN2CCc3ccc(=O)n(Cc4cccnc4)c3CC2)o1.O=C(O)C(F)(F)F.O=C(O)C(F)(F)F. The van der Waals surface area contributed by atoms with Crippen molar-refractivity contribution in [3.05, 3.63) is 87.5 Å². The van der Waals surface area contributed by atoms with Crippen LogP contribution in [-0.2, 0) is 35.5 Å². The van der Waals surface area contributed by atoms with Crippen LogP contribution in [0.1, 0.15) is 28.3 Å². The fraction of sp³-hybridized carbons (Fsp3) is 0.360. The molecule has 40 heavy (non-hydrogen) atoms. The van der Waals surface area contributed by atoms with Crippen molar-refractivity contribution >= 4 is 11.9 Å². The largest absolute Gasteiger partial charge is 0.490 e. The third-order valence-corrected chi connectivity index (χ3v) is 5.48. The molecule has 1 aliphatic rings. The highest BCUT2D eigenvalue weighted by atomic mass is 19.4. The van der Waals surface area contributed by atoms with Gasteiger partial charge in [-0.3, -0.25) is 14.7 Å². The van der Waals surface area contributed by atoms with Crippen LogP contribution in [0.5, 0.6) is 0 Å². The van der Waals surface area contributed by atoms with Crippen LogP contribution >= 0.6 is 0 Å². The molecule has 0 unspecified atom stereocenters. The Hall–Kier alpha value is -4.14. The monoisotopic (exact) mass is 577 g/mol. The van der Waals surface area contributed by atoms with Crippen LogP contribution in [0.4, 0.5) is 26.3 Å². The molecule has 3 aromatic heterocycles. The van der Waals surface area contributed by atoms with E-state index in [1.165, 1.54) is 5.56 Å². The topological polar surface area (TPSA) is 126 Å². The number of aliphatic carboxylic acids is 2. The molecule has 0 saturated carbocycles. The van der Waals surface area contributed by atoms with Gasteiger partial charge in [-0.25, -0.2) is 9.59 Å². The number of carbonyl (C=O) groups is 2. The van der Waals surface area contributed by atoms with Gasteiger partial charge in [-0.1, -0.05) is 12.1 Å². The van der Waals surface area contributed by atoms with Gasteiger partial charge in [0, 0.05) is 43.7 Å². The fourth-order valence-electron chi connectivity index (χ4n) is 3.64. The highest BCUT2D eigenvalue weighted by Gasteiger charge is 2.38. The van der Waals surface area contributed by atoms with Crippen molar-refractivity contribution < 1.29 is 50.6 Å². The summed E-state index contributed by atoms with van der Waals surface area (Å²) in [5, 5.41) is 14.2. The minimum absolute atomic E-state index is 0.0581. The minimum Gasteiger partial charge on any atom is -0.475 e. The molecule has 0 saturated heterocycles. The van der Waals surface area contributed by atoms with Crippen molar-refractivity contribution in [3.8, 4) is 0 Å². The first kappa shape index (κ1) is 32.1. The van der Waals surface area contributed by atoms with Gasteiger partial charge in [0.1, 0.15) is 11.5 Å². The summed E-state index contributed by atoms with van der Waals surface area (Å²) in [4.78, 5) is 36.9. The van der Waals surface area contributed by atoms with Crippen LogP contribution in [-0.4, -0.2) is 62.0 Å². The Balaban J connectivity index is 0.000000333. The molecular weight excluding hydrogens is 552 g/mol. The lowest BCUT2D eigenvalue weighted by Crippen LogP contribution is -2.27. The average molecular weight is 577 g/mol. The van der Waals surface area contributed by atoms with Crippen molar-refractivity contribution in [2.24, 2.45) is 0 Å². The second-order valence-corrected chi connectivity index (χ2v) is 8.49. The molecule has 0 spiro atoms. The molecule has 9 nitrogen and oxygen atoms in total. The number of nitrogens with zero attached hydrogens (tertiary/aromatic N) is 3. The first-order chi connectivity index (χ1) is 18.6. The number of fused-ring (bicyclic) bond motifs is 1. The van der Waals surface area contributed by atoms with E-state index in [1.807, 2.05) is 48.0 Å². The third-order valence-electron chi connectivity index (χ3n) is 5.48. The van der Waals surface area contributed by atoms with E-state index in [-0.39, 0.29) is 5.56 Å². The maximum atomic E-state index is 12.5. The molecule has 15 heteroatoms. The molecule has 0 fully saturated rings. The number of hydrogen-bond acceptors (Lipinski definition) is 6. The van der Waals surface area contributed by atoms with Crippen LogP contribution in [0.2, 0.25) is 0 Å². The van der Waals surface area contributed by atoms with E-state index >= 15 is 0 Å². The molecule has 4 heterocycles. The summed E-state index contributed by atoms with van der Waals surface area (Å²) < 4.78 is 71.1. The number of rotatable bonds is 4. The molecule has 0 aromatic carbocycles. The summed E-state index contributed by atoms with van der Waals surface area (Å²) >= 11 is 0. The lowest BCUT2D eigenvalue weighted by Gasteiger charge is -2.18. The van der Waals surface area contributed by atoms with Crippen molar-refractivity contribution in [3.63, 3.8) is 0 Å². The maximum absolute atomic E-state index is 12.5. The summed E-state index contributed by atoms with van der Waals surface area (Å²) in [6.45, 7) is 5.25. The number of alkyl halides is 6. The van der Waals surface area contributed by atoms with Crippen LogP contribution in [0.25, 0.3) is 0 Å². The van der Waals surface area contributed by atoms with E-state index in [9.17, 15) is 31.1 Å². The minimum atomic E-state index is -5.08. The number of hydrogen-bond donors (Lipinski definition) is 2. The predicted molar refractivity (Wildman–Crippen MR) is 128 cm³/mol. The average Bonchev–Trinajstić information content (AvgIpc) is 3.16. The number of pyridine rings is 2. The standard InChI is InChI=1S/C21H23N3O2.2C2HF3O2/c1-16-4-6-19(26-16)15-23-11-8-18-5-7-21(25)24(20(18)9-12-23)14-17-3-2-10-22-13-17;2*3-2(4,5)1(6)7/h2-7,10,13H,8-9,11-12,14-15H2,1H3;2*(H,6,7). The lowest BCUT2D eigenvalue weighted by molar-refractivity contribution is -0.193. The molecule has 0 bridgehead atoms. The number of carboxylic acid groups (broad SMARTS) is 2. The van der Waals surface area contributed by atoms with E-state index < -0.39 is 24.3 Å². The first-order valence-electron chi connectivity index (χ1n) is 11.6. The number of halogens is 6. The normalized spacial score (nSPS) is 13.6. The molecule has 0 amide bonds. The molecule has 1 aliphatic heterocycles. The second kappa shape index (κ2) is 13.8. The van der Waals surface area contributed by atoms with E-state index in [1.54, 1.807) is 12.3 Å². The van der Waals surface area contributed by atoms with Crippen molar-refractivity contribution in [1.82, 2.24) is 14.5 Å². The van der Waals surface area contributed by atoms with Crippen molar-refractivity contribution in [2.45, 2.75) is 45.2 Å². The summed E-state index contributed by atoms with van der Waals surface area (Å²) in [5.74, 6) is -3.57. The predicted octanol–water partition coefficient (Wildman–Crippen LogP) is 4.06. The van der Waals surface area contributed by atoms with Crippen molar-refractivity contribution in [2.75, 3.05) is 13.1 Å². The van der Waals surface area contributed by atoms with Gasteiger partial charge in [0.2, 0.25) is 0 Å². The zero-order valence-electron chi connectivity index (χ0n) is 21.0. The van der Waals surface area contributed by atoms with Gasteiger partial charge in [-0.2, -0.15) is 26.3 Å². The van der Waals surface area contributed by atoms with E-state index in [4.69, 9.17) is 24.2 Å². The van der Waals surface area contributed by atoms with Crippen LogP contribution < -0.4 is 5.56 Å². The van der Waals surface area contributed by atoms with Gasteiger partial charge >= 0.3 is 24.3 Å². The number of aromatic nitrogens is 2. The molecule has 0 aliphatic carbocycles. The Bertz CT molecular complexity index is 1310. The van der Waals surface area contributed by atoms with Gasteiger partial charge in [0.05, 0.1) is 13.1 Å². The molecule has 0 radical (unpaired) electrons.